The van der Waals surface area contributed by atoms with Crippen molar-refractivity contribution in [2.75, 3.05) is 26.9 Å². The zero-order valence-corrected chi connectivity index (χ0v) is 9.40. The largest absolute Gasteiger partial charge is 0.479 e. The summed E-state index contributed by atoms with van der Waals surface area (Å²) in [4.78, 5) is 0. The molecule has 16 heavy (non-hydrogen) atoms. The second-order valence-corrected chi connectivity index (χ2v) is 3.26. The summed E-state index contributed by atoms with van der Waals surface area (Å²) in [7, 11) is 1.68. The topological polar surface area (TPSA) is 54.3 Å². The number of benzene rings is 1. The highest BCUT2D eigenvalue weighted by Crippen LogP contribution is 2.12. The number of rotatable bonds is 7. The molecule has 0 bridgehead atoms. The number of ether oxygens (including phenoxy) is 2. The van der Waals surface area contributed by atoms with Gasteiger partial charge in [-0.15, -0.1) is 0 Å². The molecular formula is C12H16N2O2. The van der Waals surface area contributed by atoms with Gasteiger partial charge in [0.15, 0.2) is 6.61 Å². The van der Waals surface area contributed by atoms with Gasteiger partial charge in [-0.25, -0.2) is 0 Å². The highest BCUT2D eigenvalue weighted by molar-refractivity contribution is 5.28. The maximum Gasteiger partial charge on any atom is 0.174 e. The van der Waals surface area contributed by atoms with Crippen LogP contribution in [0.25, 0.3) is 0 Å². The van der Waals surface area contributed by atoms with E-state index in [9.17, 15) is 0 Å². The van der Waals surface area contributed by atoms with Crippen molar-refractivity contribution < 1.29 is 9.47 Å². The summed E-state index contributed by atoms with van der Waals surface area (Å²) in [6.07, 6.45) is 0. The fourth-order valence-corrected chi connectivity index (χ4v) is 1.27. The fourth-order valence-electron chi connectivity index (χ4n) is 1.27. The molecule has 86 valence electrons. The van der Waals surface area contributed by atoms with Crippen LogP contribution in [-0.2, 0) is 11.3 Å². The molecule has 0 atom stereocenters. The van der Waals surface area contributed by atoms with E-state index in [1.165, 1.54) is 0 Å². The molecule has 0 saturated heterocycles. The lowest BCUT2D eigenvalue weighted by Crippen LogP contribution is -2.18. The van der Waals surface area contributed by atoms with E-state index in [2.05, 4.69) is 5.32 Å². The molecule has 0 fully saturated rings. The summed E-state index contributed by atoms with van der Waals surface area (Å²) >= 11 is 0. The van der Waals surface area contributed by atoms with Crippen molar-refractivity contribution in [1.29, 1.82) is 5.26 Å². The first kappa shape index (κ1) is 12.5. The van der Waals surface area contributed by atoms with Crippen LogP contribution >= 0.6 is 0 Å². The standard InChI is InChI=1S/C12H16N2O2/c1-15-8-6-14-10-11-3-2-4-12(9-11)16-7-5-13/h2-4,9,14H,6-8,10H2,1H3. The highest BCUT2D eigenvalue weighted by atomic mass is 16.5. The quantitative estimate of drug-likeness (QED) is 0.704. The van der Waals surface area contributed by atoms with Crippen LogP contribution < -0.4 is 10.1 Å². The zero-order chi connectivity index (χ0) is 11.6. The number of methoxy groups -OCH3 is 1. The molecule has 0 saturated carbocycles. The smallest absolute Gasteiger partial charge is 0.174 e. The Bertz CT molecular complexity index is 347. The number of nitrogens with zero attached hydrogens (tertiary/aromatic N) is 1. The summed E-state index contributed by atoms with van der Waals surface area (Å²) in [5, 5.41) is 11.6. The van der Waals surface area contributed by atoms with E-state index >= 15 is 0 Å². The van der Waals surface area contributed by atoms with Gasteiger partial charge < -0.3 is 14.8 Å². The first-order chi connectivity index (χ1) is 7.86. The van der Waals surface area contributed by atoms with E-state index in [1.54, 1.807) is 7.11 Å². The lowest BCUT2D eigenvalue weighted by Gasteiger charge is -2.06. The van der Waals surface area contributed by atoms with Gasteiger partial charge in [-0.1, -0.05) is 12.1 Å². The van der Waals surface area contributed by atoms with E-state index in [0.717, 1.165) is 24.4 Å². The first-order valence-corrected chi connectivity index (χ1v) is 5.15. The van der Waals surface area contributed by atoms with Gasteiger partial charge >= 0.3 is 0 Å². The molecule has 4 nitrogen and oxygen atoms in total. The fraction of sp³-hybridized carbons (Fsp3) is 0.417. The summed E-state index contributed by atoms with van der Waals surface area (Å²) in [6.45, 7) is 2.37. The number of hydrogen-bond acceptors (Lipinski definition) is 4. The van der Waals surface area contributed by atoms with Crippen LogP contribution in [0.4, 0.5) is 0 Å². The Hall–Kier alpha value is -1.57. The molecule has 0 unspecified atom stereocenters. The van der Waals surface area contributed by atoms with Crippen molar-refractivity contribution in [1.82, 2.24) is 5.32 Å². The lowest BCUT2D eigenvalue weighted by atomic mass is 10.2. The minimum absolute atomic E-state index is 0.0839. The molecule has 0 heterocycles. The van der Waals surface area contributed by atoms with Crippen molar-refractivity contribution in [3.63, 3.8) is 0 Å². The number of hydrogen-bond donors (Lipinski definition) is 1. The van der Waals surface area contributed by atoms with Gasteiger partial charge in [0.1, 0.15) is 11.8 Å². The Morgan fingerprint density at radius 3 is 3.06 bits per heavy atom. The Labute approximate surface area is 95.8 Å². The maximum absolute atomic E-state index is 8.40. The SMILES string of the molecule is COCCNCc1cccc(OCC#N)c1. The molecule has 0 radical (unpaired) electrons. The molecule has 0 spiro atoms. The van der Waals surface area contributed by atoms with E-state index < -0.39 is 0 Å². The molecule has 1 aromatic rings. The molecule has 0 aromatic heterocycles. The van der Waals surface area contributed by atoms with Gasteiger partial charge in [0.25, 0.3) is 0 Å². The monoisotopic (exact) mass is 220 g/mol. The molecule has 4 heteroatoms. The van der Waals surface area contributed by atoms with Crippen molar-refractivity contribution in [3.05, 3.63) is 29.8 Å². The molecular weight excluding hydrogens is 204 g/mol. The molecule has 0 aliphatic rings. The highest BCUT2D eigenvalue weighted by Gasteiger charge is 1.96. The second-order valence-electron chi connectivity index (χ2n) is 3.26. The summed E-state index contributed by atoms with van der Waals surface area (Å²) in [6, 6.07) is 9.64. The molecule has 1 rings (SSSR count). The van der Waals surface area contributed by atoms with Crippen molar-refractivity contribution in [2.45, 2.75) is 6.54 Å². The number of nitrogens with one attached hydrogen (secondary N) is 1. The van der Waals surface area contributed by atoms with Gasteiger partial charge in [0.2, 0.25) is 0 Å². The van der Waals surface area contributed by atoms with Gasteiger partial charge in [0, 0.05) is 20.2 Å². The maximum atomic E-state index is 8.40. The normalized spacial score (nSPS) is 9.75. The summed E-state index contributed by atoms with van der Waals surface area (Å²) in [5.74, 6) is 0.729. The van der Waals surface area contributed by atoms with Gasteiger partial charge in [0.05, 0.1) is 6.61 Å². The van der Waals surface area contributed by atoms with Crippen LogP contribution in [0.1, 0.15) is 5.56 Å². The predicted octanol–water partition coefficient (Wildman–Crippen LogP) is 1.32. The van der Waals surface area contributed by atoms with Gasteiger partial charge in [-0.05, 0) is 17.7 Å². The average Bonchev–Trinajstić information content (AvgIpc) is 2.33. The number of nitriles is 1. The van der Waals surface area contributed by atoms with E-state index in [-0.39, 0.29) is 6.61 Å². The van der Waals surface area contributed by atoms with Crippen LogP contribution in [0, 0.1) is 11.3 Å². The molecule has 0 aliphatic heterocycles. The summed E-state index contributed by atoms with van der Waals surface area (Å²) < 4.78 is 10.1. The molecule has 0 aliphatic carbocycles. The third-order valence-corrected chi connectivity index (χ3v) is 2.01. The lowest BCUT2D eigenvalue weighted by molar-refractivity contribution is 0.199. The Balaban J connectivity index is 2.38. The summed E-state index contributed by atoms with van der Waals surface area (Å²) in [5.41, 5.74) is 1.13. The zero-order valence-electron chi connectivity index (χ0n) is 9.40. The van der Waals surface area contributed by atoms with Crippen molar-refractivity contribution in [3.8, 4) is 11.8 Å². The minimum atomic E-state index is 0.0839. The van der Waals surface area contributed by atoms with Crippen LogP contribution in [0.15, 0.2) is 24.3 Å². The van der Waals surface area contributed by atoms with E-state index in [4.69, 9.17) is 14.7 Å². The Morgan fingerprint density at radius 2 is 2.31 bits per heavy atom. The molecule has 1 N–H and O–H groups in total. The van der Waals surface area contributed by atoms with Gasteiger partial charge in [-0.2, -0.15) is 5.26 Å². The van der Waals surface area contributed by atoms with E-state index in [0.29, 0.717) is 6.61 Å². The third-order valence-electron chi connectivity index (χ3n) is 2.01. The van der Waals surface area contributed by atoms with Crippen LogP contribution in [0.5, 0.6) is 5.75 Å². The molecule has 0 amide bonds. The van der Waals surface area contributed by atoms with Crippen molar-refractivity contribution >= 4 is 0 Å². The minimum Gasteiger partial charge on any atom is -0.479 e. The average molecular weight is 220 g/mol. The Morgan fingerprint density at radius 1 is 1.44 bits per heavy atom. The van der Waals surface area contributed by atoms with Crippen LogP contribution in [0.3, 0.4) is 0 Å². The first-order valence-electron chi connectivity index (χ1n) is 5.15. The third kappa shape index (κ3) is 4.78. The van der Waals surface area contributed by atoms with Crippen LogP contribution in [-0.4, -0.2) is 26.9 Å². The van der Waals surface area contributed by atoms with Crippen LogP contribution in [0.2, 0.25) is 0 Å². The van der Waals surface area contributed by atoms with Gasteiger partial charge in [-0.3, -0.25) is 0 Å². The van der Waals surface area contributed by atoms with Crippen molar-refractivity contribution in [2.24, 2.45) is 0 Å². The Kier molecular flexibility index (Phi) is 6.00. The van der Waals surface area contributed by atoms with E-state index in [1.807, 2.05) is 30.3 Å². The molecule has 1 aromatic carbocycles. The second kappa shape index (κ2) is 7.69. The predicted molar refractivity (Wildman–Crippen MR) is 61.1 cm³/mol.